The molecule has 0 aliphatic heterocycles. The summed E-state index contributed by atoms with van der Waals surface area (Å²) in [6.07, 6.45) is 0. The summed E-state index contributed by atoms with van der Waals surface area (Å²) in [4.78, 5) is 7.72. The molecule has 0 atom stereocenters. The van der Waals surface area contributed by atoms with E-state index in [1.807, 2.05) is 0 Å². The molecule has 4 nitrogen and oxygen atoms in total. The van der Waals surface area contributed by atoms with Gasteiger partial charge in [-0.05, 0) is 24.4 Å². The van der Waals surface area contributed by atoms with Gasteiger partial charge in [0.2, 0.25) is 0 Å². The first kappa shape index (κ1) is 9.64. The van der Waals surface area contributed by atoms with Gasteiger partial charge in [0.15, 0.2) is 11.6 Å². The van der Waals surface area contributed by atoms with Gasteiger partial charge in [0.1, 0.15) is 0 Å². The highest BCUT2D eigenvalue weighted by Gasteiger charge is 2.04. The molecule has 0 saturated heterocycles. The largest absolute Gasteiger partial charge is 0.491 e. The van der Waals surface area contributed by atoms with Gasteiger partial charge >= 0.3 is 0 Å². The Kier molecular flexibility index (Phi) is 3.37. The molecule has 0 fully saturated rings. The minimum Gasteiger partial charge on any atom is -0.491 e. The maximum absolute atomic E-state index is 4.99. The number of nitrogens with zero attached hydrogens (tertiary/aromatic N) is 2. The van der Waals surface area contributed by atoms with Gasteiger partial charge < -0.3 is 9.47 Å². The SMILES string of the molecule is COc1ccc(N=C=S)nc1OC. The molecule has 0 unspecified atom stereocenters. The number of thiocarbonyl (C=S) groups is 1. The van der Waals surface area contributed by atoms with E-state index in [1.54, 1.807) is 19.2 Å². The third-order valence-corrected chi connectivity index (χ3v) is 1.48. The smallest absolute Gasteiger partial charge is 0.258 e. The maximum atomic E-state index is 4.99. The Morgan fingerprint density at radius 3 is 2.69 bits per heavy atom. The molecule has 1 rings (SSSR count). The van der Waals surface area contributed by atoms with Crippen molar-refractivity contribution in [2.45, 2.75) is 0 Å². The van der Waals surface area contributed by atoms with E-state index < -0.39 is 0 Å². The van der Waals surface area contributed by atoms with Crippen LogP contribution in [0.25, 0.3) is 0 Å². The summed E-state index contributed by atoms with van der Waals surface area (Å²) in [5.41, 5.74) is 0. The van der Waals surface area contributed by atoms with E-state index in [0.29, 0.717) is 17.4 Å². The van der Waals surface area contributed by atoms with E-state index >= 15 is 0 Å². The van der Waals surface area contributed by atoms with Crippen molar-refractivity contribution in [2.24, 2.45) is 4.99 Å². The average Bonchev–Trinajstić information content (AvgIpc) is 2.18. The van der Waals surface area contributed by atoms with Gasteiger partial charge in [-0.3, -0.25) is 0 Å². The number of rotatable bonds is 3. The van der Waals surface area contributed by atoms with Crippen LogP contribution in [0.3, 0.4) is 0 Å². The number of ether oxygens (including phenoxy) is 2. The maximum Gasteiger partial charge on any atom is 0.258 e. The summed E-state index contributed by atoms with van der Waals surface area (Å²) in [6, 6.07) is 3.37. The Morgan fingerprint density at radius 1 is 1.38 bits per heavy atom. The lowest BCUT2D eigenvalue weighted by molar-refractivity contribution is 0.343. The lowest BCUT2D eigenvalue weighted by Crippen LogP contribution is -1.92. The van der Waals surface area contributed by atoms with Crippen LogP contribution in [0.1, 0.15) is 0 Å². The topological polar surface area (TPSA) is 43.7 Å². The van der Waals surface area contributed by atoms with Crippen molar-refractivity contribution < 1.29 is 9.47 Å². The number of isothiocyanates is 1. The van der Waals surface area contributed by atoms with E-state index in [-0.39, 0.29) is 0 Å². The molecule has 0 saturated carbocycles. The molecule has 0 aliphatic rings. The number of hydrogen-bond donors (Lipinski definition) is 0. The van der Waals surface area contributed by atoms with E-state index in [2.05, 4.69) is 27.4 Å². The Labute approximate surface area is 81.2 Å². The Balaban J connectivity index is 3.12. The Morgan fingerprint density at radius 2 is 2.15 bits per heavy atom. The molecular formula is C8H8N2O2S. The summed E-state index contributed by atoms with van der Waals surface area (Å²) in [7, 11) is 3.05. The molecule has 0 spiro atoms. The average molecular weight is 196 g/mol. The highest BCUT2D eigenvalue weighted by atomic mass is 32.1. The van der Waals surface area contributed by atoms with Gasteiger partial charge in [-0.15, -0.1) is 0 Å². The van der Waals surface area contributed by atoms with Crippen LogP contribution in [-0.4, -0.2) is 24.4 Å². The van der Waals surface area contributed by atoms with Gasteiger partial charge in [0.05, 0.1) is 19.4 Å². The molecule has 13 heavy (non-hydrogen) atoms. The zero-order valence-electron chi connectivity index (χ0n) is 7.27. The molecule has 68 valence electrons. The van der Waals surface area contributed by atoms with Gasteiger partial charge in [0.25, 0.3) is 5.88 Å². The summed E-state index contributed by atoms with van der Waals surface area (Å²) < 4.78 is 9.96. The normalized spacial score (nSPS) is 8.77. The molecule has 0 aromatic carbocycles. The third-order valence-electron chi connectivity index (χ3n) is 1.38. The third kappa shape index (κ3) is 2.24. The summed E-state index contributed by atoms with van der Waals surface area (Å²) in [5, 5.41) is 2.22. The number of pyridine rings is 1. The first-order chi connectivity index (χ1) is 6.31. The monoisotopic (exact) mass is 196 g/mol. The summed E-state index contributed by atoms with van der Waals surface area (Å²) >= 11 is 4.45. The predicted molar refractivity (Wildman–Crippen MR) is 52.0 cm³/mol. The van der Waals surface area contributed by atoms with Crippen molar-refractivity contribution in [1.82, 2.24) is 4.98 Å². The quantitative estimate of drug-likeness (QED) is 0.546. The highest BCUT2D eigenvalue weighted by Crippen LogP contribution is 2.26. The van der Waals surface area contributed by atoms with Gasteiger partial charge in [0, 0.05) is 0 Å². The van der Waals surface area contributed by atoms with Crippen molar-refractivity contribution in [3.8, 4) is 11.6 Å². The van der Waals surface area contributed by atoms with Gasteiger partial charge in [-0.1, -0.05) is 0 Å². The molecule has 1 heterocycles. The first-order valence-electron chi connectivity index (χ1n) is 3.48. The molecule has 1 aromatic heterocycles. The Bertz CT molecular complexity index is 348. The summed E-state index contributed by atoms with van der Waals surface area (Å²) in [6.45, 7) is 0. The zero-order valence-corrected chi connectivity index (χ0v) is 8.09. The minimum atomic E-state index is 0.383. The van der Waals surface area contributed by atoms with Crippen LogP contribution in [0, 0.1) is 0 Å². The van der Waals surface area contributed by atoms with Crippen LogP contribution >= 0.6 is 12.2 Å². The number of aliphatic imine (C=N–C) groups is 1. The standard InChI is InChI=1S/C8H8N2O2S/c1-11-6-3-4-7(9-5-13)10-8(6)12-2/h3-4H,1-2H3. The van der Waals surface area contributed by atoms with E-state index in [1.165, 1.54) is 7.11 Å². The fourth-order valence-electron chi connectivity index (χ4n) is 0.829. The van der Waals surface area contributed by atoms with Crippen LogP contribution in [0.15, 0.2) is 17.1 Å². The zero-order chi connectivity index (χ0) is 9.68. The van der Waals surface area contributed by atoms with E-state index in [4.69, 9.17) is 9.47 Å². The van der Waals surface area contributed by atoms with E-state index in [0.717, 1.165) is 0 Å². The van der Waals surface area contributed by atoms with Gasteiger partial charge in [-0.2, -0.15) is 9.98 Å². The van der Waals surface area contributed by atoms with Crippen molar-refractivity contribution in [1.29, 1.82) is 0 Å². The van der Waals surface area contributed by atoms with Crippen LogP contribution < -0.4 is 9.47 Å². The fraction of sp³-hybridized carbons (Fsp3) is 0.250. The van der Waals surface area contributed by atoms with Crippen LogP contribution in [0.4, 0.5) is 5.82 Å². The molecule has 0 amide bonds. The van der Waals surface area contributed by atoms with Crippen LogP contribution in [-0.2, 0) is 0 Å². The number of aromatic nitrogens is 1. The fourth-order valence-corrected chi connectivity index (χ4v) is 0.922. The minimum absolute atomic E-state index is 0.383. The second-order valence-electron chi connectivity index (χ2n) is 2.08. The molecule has 0 radical (unpaired) electrons. The lowest BCUT2D eigenvalue weighted by Gasteiger charge is -2.05. The van der Waals surface area contributed by atoms with Crippen molar-refractivity contribution in [3.05, 3.63) is 12.1 Å². The van der Waals surface area contributed by atoms with Gasteiger partial charge in [-0.25, -0.2) is 0 Å². The molecule has 0 N–H and O–H groups in total. The molecular weight excluding hydrogens is 188 g/mol. The second-order valence-corrected chi connectivity index (χ2v) is 2.27. The molecule has 0 bridgehead atoms. The second kappa shape index (κ2) is 4.54. The Hall–Kier alpha value is -1.45. The van der Waals surface area contributed by atoms with Crippen molar-refractivity contribution in [2.75, 3.05) is 14.2 Å². The van der Waals surface area contributed by atoms with E-state index in [9.17, 15) is 0 Å². The number of hydrogen-bond acceptors (Lipinski definition) is 5. The lowest BCUT2D eigenvalue weighted by atomic mass is 10.4. The molecule has 0 aliphatic carbocycles. The van der Waals surface area contributed by atoms with Crippen LogP contribution in [0.2, 0.25) is 0 Å². The molecule has 5 heteroatoms. The summed E-state index contributed by atoms with van der Waals surface area (Å²) in [5.74, 6) is 1.40. The molecule has 1 aromatic rings. The van der Waals surface area contributed by atoms with Crippen LogP contribution in [0.5, 0.6) is 11.6 Å². The highest BCUT2D eigenvalue weighted by molar-refractivity contribution is 7.78. The number of methoxy groups -OCH3 is 2. The first-order valence-corrected chi connectivity index (χ1v) is 3.89. The van der Waals surface area contributed by atoms with Crippen molar-refractivity contribution >= 4 is 23.2 Å². The predicted octanol–water partition coefficient (Wildman–Crippen LogP) is 1.83. The van der Waals surface area contributed by atoms with Crippen molar-refractivity contribution in [3.63, 3.8) is 0 Å².